The van der Waals surface area contributed by atoms with Crippen LogP contribution < -0.4 is 0 Å². The molecule has 0 aromatic heterocycles. The Hall–Kier alpha value is -1.58. The molecule has 1 unspecified atom stereocenters. The monoisotopic (exact) mass is 520 g/mol. The van der Waals surface area contributed by atoms with Crippen LogP contribution in [0.15, 0.2) is 24.3 Å². The van der Waals surface area contributed by atoms with Crippen molar-refractivity contribution in [2.75, 3.05) is 0 Å². The van der Waals surface area contributed by atoms with E-state index in [1.807, 2.05) is 0 Å². The average Bonchev–Trinajstić information content (AvgIpc) is 2.87. The van der Waals surface area contributed by atoms with E-state index in [0.29, 0.717) is 6.42 Å². The van der Waals surface area contributed by atoms with Gasteiger partial charge < -0.3 is 9.84 Å². The van der Waals surface area contributed by atoms with Crippen LogP contribution in [-0.4, -0.2) is 23.1 Å². The summed E-state index contributed by atoms with van der Waals surface area (Å²) in [5.74, 6) is -0.726. The lowest BCUT2D eigenvalue weighted by Crippen LogP contribution is -2.18. The van der Waals surface area contributed by atoms with Crippen molar-refractivity contribution in [1.82, 2.24) is 0 Å². The number of hydrogen-bond acceptors (Lipinski definition) is 3. The molecule has 0 saturated heterocycles. The number of unbranched alkanes of at least 4 members (excludes halogenated alkanes) is 15. The summed E-state index contributed by atoms with van der Waals surface area (Å²) in [5, 5.41) is 8.72. The zero-order valence-corrected chi connectivity index (χ0v) is 24.5. The fourth-order valence-corrected chi connectivity index (χ4v) is 4.57. The maximum atomic E-state index is 12.4. The molecule has 1 N–H and O–H groups in total. The van der Waals surface area contributed by atoms with Crippen molar-refractivity contribution in [2.24, 2.45) is 0 Å². The van der Waals surface area contributed by atoms with Gasteiger partial charge in [0.1, 0.15) is 6.10 Å². The van der Waals surface area contributed by atoms with Crippen LogP contribution in [0.5, 0.6) is 0 Å². The summed E-state index contributed by atoms with van der Waals surface area (Å²) in [7, 11) is 0. The predicted molar refractivity (Wildman–Crippen MR) is 158 cm³/mol. The highest BCUT2D eigenvalue weighted by Crippen LogP contribution is 2.18. The fourth-order valence-electron chi connectivity index (χ4n) is 4.57. The summed E-state index contributed by atoms with van der Waals surface area (Å²) in [6.07, 6.45) is 34.8. The van der Waals surface area contributed by atoms with Gasteiger partial charge in [0, 0.05) is 12.8 Å². The number of carbonyl (C=O) groups is 2. The Balaban J connectivity index is 3.87. The minimum absolute atomic E-state index is 0.0207. The van der Waals surface area contributed by atoms with Crippen molar-refractivity contribution in [1.29, 1.82) is 0 Å². The highest BCUT2D eigenvalue weighted by atomic mass is 16.5. The maximum absolute atomic E-state index is 12.4. The molecule has 0 aromatic carbocycles. The third-order valence-electron chi connectivity index (χ3n) is 6.93. The number of allylic oxidation sites excluding steroid dienone is 4. The Labute approximate surface area is 229 Å². The Morgan fingerprint density at radius 1 is 0.595 bits per heavy atom. The summed E-state index contributed by atoms with van der Waals surface area (Å²) < 4.78 is 5.88. The van der Waals surface area contributed by atoms with Crippen molar-refractivity contribution in [3.8, 4) is 0 Å². The molecule has 0 spiro atoms. The zero-order valence-electron chi connectivity index (χ0n) is 24.5. The van der Waals surface area contributed by atoms with E-state index in [1.165, 1.54) is 64.2 Å². The van der Waals surface area contributed by atoms with Crippen LogP contribution in [0.4, 0.5) is 0 Å². The molecule has 1 atom stereocenters. The first-order chi connectivity index (χ1) is 18.1. The molecule has 0 saturated carbocycles. The number of carbonyl (C=O) groups excluding carboxylic acids is 1. The largest absolute Gasteiger partial charge is 0.481 e. The summed E-state index contributed by atoms with van der Waals surface area (Å²) >= 11 is 0. The molecule has 0 fully saturated rings. The molecule has 0 aliphatic carbocycles. The van der Waals surface area contributed by atoms with E-state index in [0.717, 1.165) is 77.0 Å². The predicted octanol–water partition coefficient (Wildman–Crippen LogP) is 10.5. The summed E-state index contributed by atoms with van der Waals surface area (Å²) in [5.41, 5.74) is 0. The molecule has 0 aliphatic heterocycles. The van der Waals surface area contributed by atoms with Gasteiger partial charge in [-0.1, -0.05) is 109 Å². The van der Waals surface area contributed by atoms with E-state index >= 15 is 0 Å². The Kier molecular flexibility index (Phi) is 27.7. The van der Waals surface area contributed by atoms with Gasteiger partial charge in [0.15, 0.2) is 0 Å². The molecule has 4 nitrogen and oxygen atoms in total. The van der Waals surface area contributed by atoms with E-state index in [2.05, 4.69) is 38.2 Å². The standard InChI is InChI=1S/C33H60O4/c1-3-5-7-9-10-11-12-13-14-15-16-17-18-22-26-30-33(36)37-31(27-23-8-6-4-2)28-24-20-19-21-25-29-32(34)35/h10-11,13-14,31H,3-9,12,15-30H2,1-2H3,(H,34,35)/b11-10-,14-13-. The lowest BCUT2D eigenvalue weighted by Gasteiger charge is -2.18. The second-order valence-electron chi connectivity index (χ2n) is 10.6. The third-order valence-corrected chi connectivity index (χ3v) is 6.93. The number of esters is 1. The molecular weight excluding hydrogens is 460 g/mol. The lowest BCUT2D eigenvalue weighted by molar-refractivity contribution is -0.150. The Morgan fingerprint density at radius 3 is 1.65 bits per heavy atom. The van der Waals surface area contributed by atoms with Crippen molar-refractivity contribution in [2.45, 2.75) is 174 Å². The molecule has 0 aromatic rings. The Morgan fingerprint density at radius 2 is 1.05 bits per heavy atom. The van der Waals surface area contributed by atoms with Gasteiger partial charge in [0.05, 0.1) is 0 Å². The number of rotatable bonds is 28. The first kappa shape index (κ1) is 35.4. The summed E-state index contributed by atoms with van der Waals surface area (Å²) in [6.45, 7) is 4.46. The SMILES string of the molecule is CCCCC/C=C\C/C=C\CCCCCCCC(=O)OC(CCCCCC)CCCCCCCC(=O)O. The topological polar surface area (TPSA) is 63.6 Å². The van der Waals surface area contributed by atoms with E-state index in [4.69, 9.17) is 9.84 Å². The van der Waals surface area contributed by atoms with Crippen LogP contribution in [0, 0.1) is 0 Å². The van der Waals surface area contributed by atoms with Gasteiger partial charge in [-0.25, -0.2) is 0 Å². The van der Waals surface area contributed by atoms with E-state index < -0.39 is 5.97 Å². The number of hydrogen-bond donors (Lipinski definition) is 1. The first-order valence-electron chi connectivity index (χ1n) is 15.8. The van der Waals surface area contributed by atoms with Crippen molar-refractivity contribution in [3.05, 3.63) is 24.3 Å². The number of carboxylic acid groups (broad SMARTS) is 1. The maximum Gasteiger partial charge on any atom is 0.306 e. The van der Waals surface area contributed by atoms with Gasteiger partial charge in [-0.2, -0.15) is 0 Å². The van der Waals surface area contributed by atoms with Crippen LogP contribution in [-0.2, 0) is 14.3 Å². The summed E-state index contributed by atoms with van der Waals surface area (Å²) in [4.78, 5) is 23.0. The van der Waals surface area contributed by atoms with Crippen molar-refractivity contribution < 1.29 is 19.4 Å². The van der Waals surface area contributed by atoms with Gasteiger partial charge >= 0.3 is 11.9 Å². The molecule has 0 radical (unpaired) electrons. The Bertz CT molecular complexity index is 567. The fraction of sp³-hybridized carbons (Fsp3) is 0.818. The molecule has 0 aliphatic rings. The summed E-state index contributed by atoms with van der Waals surface area (Å²) in [6, 6.07) is 0. The number of aliphatic carboxylic acids is 1. The lowest BCUT2D eigenvalue weighted by atomic mass is 10.0. The van der Waals surface area contributed by atoms with Gasteiger partial charge in [0.2, 0.25) is 0 Å². The normalized spacial score (nSPS) is 12.5. The smallest absolute Gasteiger partial charge is 0.306 e. The molecule has 0 heterocycles. The van der Waals surface area contributed by atoms with Crippen LogP contribution in [0.3, 0.4) is 0 Å². The third kappa shape index (κ3) is 28.8. The first-order valence-corrected chi connectivity index (χ1v) is 15.8. The van der Waals surface area contributed by atoms with Crippen LogP contribution >= 0.6 is 0 Å². The highest BCUT2D eigenvalue weighted by molar-refractivity contribution is 5.69. The van der Waals surface area contributed by atoms with Crippen molar-refractivity contribution in [3.63, 3.8) is 0 Å². The van der Waals surface area contributed by atoms with E-state index in [9.17, 15) is 9.59 Å². The molecule has 37 heavy (non-hydrogen) atoms. The van der Waals surface area contributed by atoms with E-state index in [-0.39, 0.29) is 18.5 Å². The highest BCUT2D eigenvalue weighted by Gasteiger charge is 2.14. The van der Waals surface area contributed by atoms with Gasteiger partial charge in [-0.3, -0.25) is 9.59 Å². The minimum atomic E-state index is -0.705. The number of ether oxygens (including phenoxy) is 1. The molecule has 216 valence electrons. The van der Waals surface area contributed by atoms with Gasteiger partial charge in [-0.15, -0.1) is 0 Å². The number of carboxylic acids is 1. The molecule has 0 amide bonds. The average molecular weight is 521 g/mol. The van der Waals surface area contributed by atoms with Crippen LogP contribution in [0.2, 0.25) is 0 Å². The minimum Gasteiger partial charge on any atom is -0.481 e. The van der Waals surface area contributed by atoms with Gasteiger partial charge in [0.25, 0.3) is 0 Å². The zero-order chi connectivity index (χ0) is 27.2. The quantitative estimate of drug-likeness (QED) is 0.0633. The second kappa shape index (κ2) is 29.0. The molecule has 0 bridgehead atoms. The van der Waals surface area contributed by atoms with Crippen LogP contribution in [0.1, 0.15) is 168 Å². The van der Waals surface area contributed by atoms with Gasteiger partial charge in [-0.05, 0) is 70.6 Å². The molecular formula is C33H60O4. The molecule has 0 rings (SSSR count). The van der Waals surface area contributed by atoms with E-state index in [1.54, 1.807) is 0 Å². The van der Waals surface area contributed by atoms with Crippen molar-refractivity contribution >= 4 is 11.9 Å². The van der Waals surface area contributed by atoms with Crippen LogP contribution in [0.25, 0.3) is 0 Å². The second-order valence-corrected chi connectivity index (χ2v) is 10.6. The molecule has 4 heteroatoms.